The number of nitrogen functional groups attached to an aromatic ring is 2. The number of benzene rings is 2. The van der Waals surface area contributed by atoms with Crippen molar-refractivity contribution in [2.24, 2.45) is 4.99 Å². The normalized spacial score (nSPS) is 14.2. The summed E-state index contributed by atoms with van der Waals surface area (Å²) in [5.41, 5.74) is 14.3. The van der Waals surface area contributed by atoms with Gasteiger partial charge in [0.1, 0.15) is 41.7 Å². The van der Waals surface area contributed by atoms with Gasteiger partial charge in [0, 0.05) is 21.2 Å². The molecule has 0 amide bonds. The Labute approximate surface area is 199 Å². The van der Waals surface area contributed by atoms with Gasteiger partial charge in [-0.15, -0.1) is 0 Å². The number of ether oxygens (including phenoxy) is 1. The zero-order valence-electron chi connectivity index (χ0n) is 16.9. The lowest BCUT2D eigenvalue weighted by molar-refractivity contribution is 0.306. The molecule has 1 aromatic heterocycles. The number of anilines is 3. The molecule has 0 saturated carbocycles. The van der Waals surface area contributed by atoms with E-state index in [0.717, 1.165) is 5.56 Å². The first kappa shape index (κ1) is 22.0. The molecule has 0 fully saturated rings. The van der Waals surface area contributed by atoms with E-state index in [4.69, 9.17) is 44.7 Å². The van der Waals surface area contributed by atoms with Gasteiger partial charge in [0.2, 0.25) is 5.96 Å². The zero-order chi connectivity index (χ0) is 23.5. The highest BCUT2D eigenvalue weighted by atomic mass is 35.5. The molecule has 6 N–H and O–H groups in total. The first-order valence-electron chi connectivity index (χ1n) is 9.56. The number of aromatic nitrogens is 1. The lowest BCUT2D eigenvalue weighted by Gasteiger charge is -2.26. The molecule has 11 heteroatoms. The summed E-state index contributed by atoms with van der Waals surface area (Å²) in [7, 11) is 0. The highest BCUT2D eigenvalue weighted by Gasteiger charge is 2.29. The quantitative estimate of drug-likeness (QED) is 0.324. The van der Waals surface area contributed by atoms with Crippen molar-refractivity contribution in [1.82, 2.24) is 10.3 Å². The number of nitriles is 2. The largest absolute Gasteiger partial charge is 0.489 e. The van der Waals surface area contributed by atoms with Gasteiger partial charge in [0.05, 0.1) is 5.69 Å². The number of pyridine rings is 1. The van der Waals surface area contributed by atoms with Crippen LogP contribution >= 0.6 is 23.2 Å². The molecule has 4 rings (SSSR count). The molecule has 2 heterocycles. The van der Waals surface area contributed by atoms with Gasteiger partial charge in [-0.25, -0.2) is 9.98 Å². The van der Waals surface area contributed by atoms with Crippen molar-refractivity contribution in [2.75, 3.05) is 16.8 Å². The average molecular weight is 479 g/mol. The van der Waals surface area contributed by atoms with Gasteiger partial charge in [-0.05, 0) is 29.8 Å². The Morgan fingerprint density at radius 1 is 1.15 bits per heavy atom. The number of hydrogen-bond acceptors (Lipinski definition) is 9. The highest BCUT2D eigenvalue weighted by molar-refractivity contribution is 6.35. The van der Waals surface area contributed by atoms with Crippen LogP contribution in [0, 0.1) is 22.8 Å². The fourth-order valence-corrected chi connectivity index (χ4v) is 3.86. The monoisotopic (exact) mass is 478 g/mol. The summed E-state index contributed by atoms with van der Waals surface area (Å²) in [6.45, 7) is 0.228. The lowest BCUT2D eigenvalue weighted by Crippen LogP contribution is -2.32. The Bertz CT molecular complexity index is 1360. The average Bonchev–Trinajstić information content (AvgIpc) is 2.78. The van der Waals surface area contributed by atoms with E-state index >= 15 is 0 Å². The van der Waals surface area contributed by atoms with Gasteiger partial charge in [0.25, 0.3) is 0 Å². The van der Waals surface area contributed by atoms with E-state index in [-0.39, 0.29) is 29.6 Å². The molecule has 9 nitrogen and oxygen atoms in total. The van der Waals surface area contributed by atoms with Gasteiger partial charge in [0.15, 0.2) is 6.19 Å². The second kappa shape index (κ2) is 9.13. The third kappa shape index (κ3) is 4.41. The van der Waals surface area contributed by atoms with Crippen LogP contribution in [0.2, 0.25) is 10.0 Å². The molecule has 3 aromatic rings. The number of fused-ring (bicyclic) bond motifs is 1. The minimum Gasteiger partial charge on any atom is -0.489 e. The number of nitrogens with one attached hydrogen (secondary N) is 2. The van der Waals surface area contributed by atoms with E-state index in [1.165, 1.54) is 0 Å². The molecular formula is C22H16Cl2N8O. The second-order valence-corrected chi connectivity index (χ2v) is 7.84. The predicted octanol–water partition coefficient (Wildman–Crippen LogP) is 3.95. The summed E-state index contributed by atoms with van der Waals surface area (Å²) < 4.78 is 5.92. The molecule has 33 heavy (non-hydrogen) atoms. The number of rotatable bonds is 4. The maximum absolute atomic E-state index is 9.46. The number of halogens is 2. The van der Waals surface area contributed by atoms with Crippen LogP contribution in [-0.2, 0) is 6.61 Å². The van der Waals surface area contributed by atoms with E-state index in [1.807, 2.05) is 18.3 Å². The molecule has 0 radical (unpaired) electrons. The Morgan fingerprint density at radius 2 is 1.97 bits per heavy atom. The standard InChI is InChI=1S/C22H16Cl2N8O/c23-13-5-4-12(16(24)7-13)9-33-14-3-1-2-11(6-14)19-17-18(27)15(8-25)20(28)31-21(17)32-22(30-19)29-10-26/h1-7,19H,9H2,(H6,27,28,29,30,31,32). The van der Waals surface area contributed by atoms with Gasteiger partial charge in [-0.3, -0.25) is 5.32 Å². The van der Waals surface area contributed by atoms with Crippen LogP contribution in [0.15, 0.2) is 47.5 Å². The number of nitrogens with two attached hydrogens (primary N) is 2. The summed E-state index contributed by atoms with van der Waals surface area (Å²) in [6.07, 6.45) is 1.82. The summed E-state index contributed by atoms with van der Waals surface area (Å²) >= 11 is 12.2. The summed E-state index contributed by atoms with van der Waals surface area (Å²) in [5.74, 6) is 1.02. The van der Waals surface area contributed by atoms with Crippen molar-refractivity contribution in [2.45, 2.75) is 12.6 Å². The van der Waals surface area contributed by atoms with E-state index in [0.29, 0.717) is 32.7 Å². The maximum atomic E-state index is 9.46. The molecule has 0 saturated heterocycles. The first-order chi connectivity index (χ1) is 15.9. The summed E-state index contributed by atoms with van der Waals surface area (Å²) in [4.78, 5) is 8.79. The molecule has 1 aliphatic heterocycles. The van der Waals surface area contributed by atoms with Crippen LogP contribution in [-0.4, -0.2) is 10.9 Å². The van der Waals surface area contributed by atoms with Gasteiger partial charge in [-0.2, -0.15) is 10.5 Å². The molecule has 1 atom stereocenters. The summed E-state index contributed by atoms with van der Waals surface area (Å²) in [6, 6.07) is 13.7. The Balaban J connectivity index is 1.71. The number of nitrogens with zero attached hydrogens (tertiary/aromatic N) is 4. The van der Waals surface area contributed by atoms with Crippen molar-refractivity contribution in [3.63, 3.8) is 0 Å². The summed E-state index contributed by atoms with van der Waals surface area (Å²) in [5, 5.41) is 24.9. The van der Waals surface area contributed by atoms with Gasteiger partial charge in [-0.1, -0.05) is 41.4 Å². The number of guanidine groups is 1. The Morgan fingerprint density at radius 3 is 2.70 bits per heavy atom. The van der Waals surface area contributed by atoms with Gasteiger partial charge >= 0.3 is 0 Å². The van der Waals surface area contributed by atoms with Crippen LogP contribution in [0.25, 0.3) is 0 Å². The van der Waals surface area contributed by atoms with Crippen molar-refractivity contribution in [3.05, 3.63) is 74.8 Å². The van der Waals surface area contributed by atoms with E-state index < -0.39 is 6.04 Å². The number of hydrogen-bond donors (Lipinski definition) is 4. The second-order valence-electron chi connectivity index (χ2n) is 7.00. The smallest absolute Gasteiger partial charge is 0.211 e. The SMILES string of the molecule is N#CNC1=NC(c2cccc(OCc3ccc(Cl)cc3Cl)c2)c2c(nc(N)c(C#N)c2N)N1. The molecular weight excluding hydrogens is 463 g/mol. The lowest BCUT2D eigenvalue weighted by atomic mass is 9.95. The van der Waals surface area contributed by atoms with Crippen molar-refractivity contribution in [3.8, 4) is 18.0 Å². The predicted molar refractivity (Wildman–Crippen MR) is 127 cm³/mol. The third-order valence-electron chi connectivity index (χ3n) is 4.94. The van der Waals surface area contributed by atoms with Crippen LogP contribution in [0.5, 0.6) is 5.75 Å². The van der Waals surface area contributed by atoms with Crippen molar-refractivity contribution in [1.29, 1.82) is 10.5 Å². The zero-order valence-corrected chi connectivity index (χ0v) is 18.4. The van der Waals surface area contributed by atoms with Crippen molar-refractivity contribution >= 4 is 46.5 Å². The number of aliphatic imine (C=N–C) groups is 1. The third-order valence-corrected chi connectivity index (χ3v) is 5.53. The van der Waals surface area contributed by atoms with Crippen LogP contribution in [0.1, 0.15) is 28.3 Å². The van der Waals surface area contributed by atoms with Crippen LogP contribution in [0.4, 0.5) is 17.3 Å². The molecule has 0 bridgehead atoms. The molecule has 1 aliphatic rings. The van der Waals surface area contributed by atoms with Gasteiger partial charge < -0.3 is 21.5 Å². The minimum atomic E-state index is -0.667. The molecule has 0 spiro atoms. The maximum Gasteiger partial charge on any atom is 0.211 e. The first-order valence-corrected chi connectivity index (χ1v) is 10.3. The molecule has 164 valence electrons. The van der Waals surface area contributed by atoms with E-state index in [2.05, 4.69) is 20.6 Å². The Hall–Kier alpha value is -4.18. The van der Waals surface area contributed by atoms with E-state index in [1.54, 1.807) is 36.4 Å². The van der Waals surface area contributed by atoms with Crippen LogP contribution in [0.3, 0.4) is 0 Å². The Kier molecular flexibility index (Phi) is 6.09. The molecule has 2 aromatic carbocycles. The van der Waals surface area contributed by atoms with Crippen LogP contribution < -0.4 is 26.8 Å². The van der Waals surface area contributed by atoms with E-state index in [9.17, 15) is 5.26 Å². The topological polar surface area (TPSA) is 158 Å². The molecule has 0 aliphatic carbocycles. The fraction of sp³-hybridized carbons (Fsp3) is 0.0909. The van der Waals surface area contributed by atoms with Crippen molar-refractivity contribution < 1.29 is 4.74 Å². The fourth-order valence-electron chi connectivity index (χ4n) is 3.40. The minimum absolute atomic E-state index is 0.0184. The highest BCUT2D eigenvalue weighted by Crippen LogP contribution is 2.41. The molecule has 1 unspecified atom stereocenters.